The highest BCUT2D eigenvalue weighted by atomic mass is 32.1. The molecular formula is C15H13N3OS2. The van der Waals surface area contributed by atoms with E-state index in [0.29, 0.717) is 17.2 Å². The Hall–Kier alpha value is -1.92. The number of hydrogen-bond donors (Lipinski definition) is 1. The quantitative estimate of drug-likeness (QED) is 0.750. The van der Waals surface area contributed by atoms with Crippen LogP contribution in [0, 0.1) is 0 Å². The van der Waals surface area contributed by atoms with Crippen LogP contribution in [-0.2, 0) is 13.0 Å². The Morgan fingerprint density at radius 2 is 2.24 bits per heavy atom. The smallest absolute Gasteiger partial charge is 0.254 e. The van der Waals surface area contributed by atoms with Crippen molar-refractivity contribution in [2.24, 2.45) is 0 Å². The Bertz CT molecular complexity index is 836. The first-order valence-electron chi connectivity index (χ1n) is 6.71. The van der Waals surface area contributed by atoms with Gasteiger partial charge in [0.25, 0.3) is 5.91 Å². The van der Waals surface area contributed by atoms with Crippen molar-refractivity contribution < 1.29 is 4.79 Å². The molecule has 0 saturated heterocycles. The van der Waals surface area contributed by atoms with E-state index < -0.39 is 0 Å². The van der Waals surface area contributed by atoms with Gasteiger partial charge in [0.2, 0.25) is 0 Å². The molecular weight excluding hydrogens is 302 g/mol. The summed E-state index contributed by atoms with van der Waals surface area (Å²) in [5, 5.41) is 2.64. The molecule has 21 heavy (non-hydrogen) atoms. The summed E-state index contributed by atoms with van der Waals surface area (Å²) >= 11 is 3.22. The molecule has 3 aromatic rings. The van der Waals surface area contributed by atoms with Crippen LogP contribution < -0.4 is 5.73 Å². The van der Waals surface area contributed by atoms with E-state index >= 15 is 0 Å². The summed E-state index contributed by atoms with van der Waals surface area (Å²) in [5.41, 5.74) is 8.48. The van der Waals surface area contributed by atoms with Crippen molar-refractivity contribution in [2.75, 3.05) is 12.3 Å². The standard InChI is InChI=1S/C15H13N3OS2/c16-15-17-11-7-9(1-2-13(11)21-15)14(19)18-5-3-12-10(8-18)4-6-20-12/h1-2,4,6-7H,3,5,8H2,(H2,16,17). The number of amides is 1. The fraction of sp³-hybridized carbons (Fsp3) is 0.200. The molecule has 3 heterocycles. The molecule has 106 valence electrons. The summed E-state index contributed by atoms with van der Waals surface area (Å²) in [6, 6.07) is 7.75. The number of fused-ring (bicyclic) bond motifs is 2. The van der Waals surface area contributed by atoms with E-state index in [2.05, 4.69) is 16.4 Å². The SMILES string of the molecule is Nc1nc2cc(C(=O)N3CCc4sccc4C3)ccc2s1. The molecule has 0 saturated carbocycles. The van der Waals surface area contributed by atoms with Crippen LogP contribution in [0.2, 0.25) is 0 Å². The zero-order valence-electron chi connectivity index (χ0n) is 11.2. The number of anilines is 1. The van der Waals surface area contributed by atoms with Crippen LogP contribution in [0.5, 0.6) is 0 Å². The van der Waals surface area contributed by atoms with Crippen molar-refractivity contribution in [1.29, 1.82) is 0 Å². The molecule has 4 rings (SSSR count). The van der Waals surface area contributed by atoms with Gasteiger partial charge >= 0.3 is 0 Å². The monoisotopic (exact) mass is 315 g/mol. The van der Waals surface area contributed by atoms with Gasteiger partial charge in [0, 0.05) is 23.5 Å². The Kier molecular flexibility index (Phi) is 2.94. The van der Waals surface area contributed by atoms with Crippen molar-refractivity contribution >= 4 is 43.9 Å². The van der Waals surface area contributed by atoms with Gasteiger partial charge in [0.15, 0.2) is 5.13 Å². The van der Waals surface area contributed by atoms with Crippen LogP contribution in [0.1, 0.15) is 20.8 Å². The lowest BCUT2D eigenvalue weighted by Gasteiger charge is -2.27. The fourth-order valence-corrected chi connectivity index (χ4v) is 4.29. The predicted molar refractivity (Wildman–Crippen MR) is 86.8 cm³/mol. The first-order chi connectivity index (χ1) is 10.2. The van der Waals surface area contributed by atoms with E-state index in [1.165, 1.54) is 21.8 Å². The second kappa shape index (κ2) is 4.82. The number of carbonyl (C=O) groups is 1. The first kappa shape index (κ1) is 12.8. The van der Waals surface area contributed by atoms with Crippen LogP contribution in [0.15, 0.2) is 29.6 Å². The topological polar surface area (TPSA) is 59.2 Å². The van der Waals surface area contributed by atoms with Crippen LogP contribution in [0.4, 0.5) is 5.13 Å². The number of nitrogen functional groups attached to an aromatic ring is 1. The van der Waals surface area contributed by atoms with Crippen molar-refractivity contribution in [3.63, 3.8) is 0 Å². The number of nitrogens with zero attached hydrogens (tertiary/aromatic N) is 2. The van der Waals surface area contributed by atoms with Gasteiger partial charge in [-0.3, -0.25) is 4.79 Å². The minimum absolute atomic E-state index is 0.0697. The average Bonchev–Trinajstić information content (AvgIpc) is 3.09. The van der Waals surface area contributed by atoms with E-state index in [1.807, 2.05) is 23.1 Å². The molecule has 0 fully saturated rings. The Morgan fingerprint density at radius 1 is 1.33 bits per heavy atom. The Balaban J connectivity index is 1.64. The van der Waals surface area contributed by atoms with Crippen LogP contribution in [0.25, 0.3) is 10.2 Å². The van der Waals surface area contributed by atoms with Crippen molar-refractivity contribution in [2.45, 2.75) is 13.0 Å². The molecule has 0 radical (unpaired) electrons. The number of hydrogen-bond acceptors (Lipinski definition) is 5. The molecule has 0 bridgehead atoms. The maximum Gasteiger partial charge on any atom is 0.254 e. The van der Waals surface area contributed by atoms with Crippen molar-refractivity contribution in [1.82, 2.24) is 9.88 Å². The molecule has 6 heteroatoms. The van der Waals surface area contributed by atoms with Gasteiger partial charge < -0.3 is 10.6 Å². The first-order valence-corrected chi connectivity index (χ1v) is 8.41. The highest BCUT2D eigenvalue weighted by molar-refractivity contribution is 7.22. The number of aromatic nitrogens is 1. The minimum atomic E-state index is 0.0697. The van der Waals surface area contributed by atoms with Crippen LogP contribution >= 0.6 is 22.7 Å². The molecule has 0 spiro atoms. The third kappa shape index (κ3) is 2.20. The lowest BCUT2D eigenvalue weighted by atomic mass is 10.1. The molecule has 2 aromatic heterocycles. The molecule has 0 atom stereocenters. The summed E-state index contributed by atoms with van der Waals surface area (Å²) < 4.78 is 1.02. The second-order valence-electron chi connectivity index (χ2n) is 5.08. The molecule has 1 amide bonds. The Labute approximate surface area is 129 Å². The van der Waals surface area contributed by atoms with Gasteiger partial charge in [-0.2, -0.15) is 0 Å². The summed E-state index contributed by atoms with van der Waals surface area (Å²) in [6.07, 6.45) is 0.949. The zero-order chi connectivity index (χ0) is 14.4. The number of carbonyl (C=O) groups excluding carboxylic acids is 1. The highest BCUT2D eigenvalue weighted by Crippen LogP contribution is 2.27. The number of rotatable bonds is 1. The molecule has 1 aromatic carbocycles. The highest BCUT2D eigenvalue weighted by Gasteiger charge is 2.22. The second-order valence-corrected chi connectivity index (χ2v) is 7.14. The maximum atomic E-state index is 12.7. The fourth-order valence-electron chi connectivity index (χ4n) is 2.68. The van der Waals surface area contributed by atoms with E-state index in [0.717, 1.165) is 23.2 Å². The van der Waals surface area contributed by atoms with Gasteiger partial charge in [-0.25, -0.2) is 4.98 Å². The van der Waals surface area contributed by atoms with Gasteiger partial charge in [-0.1, -0.05) is 11.3 Å². The molecule has 0 unspecified atom stereocenters. The number of benzene rings is 1. The molecule has 2 N–H and O–H groups in total. The maximum absolute atomic E-state index is 12.7. The number of thiazole rings is 1. The normalized spacial score (nSPS) is 14.4. The number of nitrogens with two attached hydrogens (primary N) is 1. The summed E-state index contributed by atoms with van der Waals surface area (Å²) in [7, 11) is 0. The van der Waals surface area contributed by atoms with Crippen LogP contribution in [-0.4, -0.2) is 22.3 Å². The van der Waals surface area contributed by atoms with E-state index in [4.69, 9.17) is 5.73 Å². The summed E-state index contributed by atoms with van der Waals surface area (Å²) in [5.74, 6) is 0.0697. The van der Waals surface area contributed by atoms with Gasteiger partial charge in [-0.15, -0.1) is 11.3 Å². The van der Waals surface area contributed by atoms with Gasteiger partial charge in [0.05, 0.1) is 10.2 Å². The average molecular weight is 315 g/mol. The minimum Gasteiger partial charge on any atom is -0.375 e. The van der Waals surface area contributed by atoms with E-state index in [9.17, 15) is 4.79 Å². The lowest BCUT2D eigenvalue weighted by Crippen LogP contribution is -2.35. The third-order valence-electron chi connectivity index (χ3n) is 3.75. The van der Waals surface area contributed by atoms with E-state index in [-0.39, 0.29) is 5.91 Å². The van der Waals surface area contributed by atoms with Crippen LogP contribution in [0.3, 0.4) is 0 Å². The molecule has 1 aliphatic rings. The van der Waals surface area contributed by atoms with E-state index in [1.54, 1.807) is 11.3 Å². The molecule has 4 nitrogen and oxygen atoms in total. The molecule has 0 aliphatic carbocycles. The Morgan fingerprint density at radius 3 is 3.14 bits per heavy atom. The lowest BCUT2D eigenvalue weighted by molar-refractivity contribution is 0.0736. The molecule has 1 aliphatic heterocycles. The number of thiophene rings is 1. The van der Waals surface area contributed by atoms with Gasteiger partial charge in [-0.05, 0) is 41.6 Å². The van der Waals surface area contributed by atoms with Crippen molar-refractivity contribution in [3.8, 4) is 0 Å². The van der Waals surface area contributed by atoms with Crippen molar-refractivity contribution in [3.05, 3.63) is 45.6 Å². The predicted octanol–water partition coefficient (Wildman–Crippen LogP) is 3.14. The summed E-state index contributed by atoms with van der Waals surface area (Å²) in [4.78, 5) is 20.2. The third-order valence-corrected chi connectivity index (χ3v) is 5.63. The largest absolute Gasteiger partial charge is 0.375 e. The summed E-state index contributed by atoms with van der Waals surface area (Å²) in [6.45, 7) is 1.48. The zero-order valence-corrected chi connectivity index (χ0v) is 12.8. The van der Waals surface area contributed by atoms with Gasteiger partial charge in [0.1, 0.15) is 0 Å².